The van der Waals surface area contributed by atoms with Crippen LogP contribution >= 0.6 is 15.9 Å². The molecule has 1 aliphatic heterocycles. The summed E-state index contributed by atoms with van der Waals surface area (Å²) in [5.41, 5.74) is 1.14. The Balaban J connectivity index is 1.52. The number of carbonyl (C=O) groups excluding carboxylic acids is 1. The Labute approximate surface area is 187 Å². The van der Waals surface area contributed by atoms with Gasteiger partial charge in [0.25, 0.3) is 0 Å². The van der Waals surface area contributed by atoms with Crippen LogP contribution in [0.3, 0.4) is 0 Å². The van der Waals surface area contributed by atoms with Crippen molar-refractivity contribution in [3.63, 3.8) is 0 Å². The molecule has 2 atom stereocenters. The zero-order valence-electron chi connectivity index (χ0n) is 17.3. The first-order chi connectivity index (χ1) is 14.4. The highest BCUT2D eigenvalue weighted by Crippen LogP contribution is 2.39. The van der Waals surface area contributed by atoms with Gasteiger partial charge in [-0.1, -0.05) is 15.9 Å². The van der Waals surface area contributed by atoms with Gasteiger partial charge in [0.1, 0.15) is 12.4 Å². The monoisotopic (exact) mass is 502 g/mol. The molecule has 0 radical (unpaired) electrons. The lowest BCUT2D eigenvalue weighted by molar-refractivity contribution is -0.109. The molecule has 0 amide bonds. The number of ether oxygens (including phenoxy) is 2. The molecule has 2 N–H and O–H groups in total. The summed E-state index contributed by atoms with van der Waals surface area (Å²) >= 11 is 3.53. The summed E-state index contributed by atoms with van der Waals surface area (Å²) in [5, 5.41) is 3.40. The van der Waals surface area contributed by atoms with Crippen LogP contribution in [-0.2, 0) is 19.6 Å². The Morgan fingerprint density at radius 3 is 2.70 bits per heavy atom. The van der Waals surface area contributed by atoms with Crippen molar-refractivity contribution in [2.75, 3.05) is 26.0 Å². The molecule has 1 aliphatic carbocycles. The molecular weight excluding hydrogens is 472 g/mol. The summed E-state index contributed by atoms with van der Waals surface area (Å²) in [6.45, 7) is 1.45. The number of aldehydes is 1. The van der Waals surface area contributed by atoms with Gasteiger partial charge in [-0.25, -0.2) is 13.1 Å². The Bertz CT molecular complexity index is 812. The van der Waals surface area contributed by atoms with Gasteiger partial charge < -0.3 is 14.8 Å². The van der Waals surface area contributed by atoms with Crippen molar-refractivity contribution in [1.29, 1.82) is 0 Å². The Morgan fingerprint density at radius 1 is 1.23 bits per heavy atom. The summed E-state index contributed by atoms with van der Waals surface area (Å²) in [7, 11) is -3.24. The predicted octanol–water partition coefficient (Wildman–Crippen LogP) is 2.74. The van der Waals surface area contributed by atoms with E-state index in [2.05, 4.69) is 32.0 Å². The zero-order valence-corrected chi connectivity index (χ0v) is 19.7. The van der Waals surface area contributed by atoms with E-state index in [1.165, 1.54) is 6.26 Å². The average Bonchev–Trinajstić information content (AvgIpc) is 2.71. The van der Waals surface area contributed by atoms with E-state index in [1.807, 2.05) is 12.1 Å². The van der Waals surface area contributed by atoms with E-state index < -0.39 is 10.0 Å². The van der Waals surface area contributed by atoms with E-state index in [-0.39, 0.29) is 24.8 Å². The van der Waals surface area contributed by atoms with Crippen LogP contribution in [0.1, 0.15) is 50.0 Å². The van der Waals surface area contributed by atoms with Gasteiger partial charge in [0, 0.05) is 16.6 Å². The third kappa shape index (κ3) is 7.02. The molecule has 0 aromatic heterocycles. The highest BCUT2D eigenvalue weighted by Gasteiger charge is 2.30. The largest absolute Gasteiger partial charge is 0.486 e. The summed E-state index contributed by atoms with van der Waals surface area (Å²) < 4.78 is 38.8. The Morgan fingerprint density at radius 2 is 2.00 bits per heavy atom. The first-order valence-corrected chi connectivity index (χ1v) is 13.2. The molecule has 1 saturated heterocycles. The van der Waals surface area contributed by atoms with Crippen LogP contribution in [0.25, 0.3) is 0 Å². The van der Waals surface area contributed by atoms with Crippen LogP contribution < -0.4 is 14.8 Å². The first kappa shape index (κ1) is 23.7. The van der Waals surface area contributed by atoms with Gasteiger partial charge in [0.15, 0.2) is 6.29 Å². The van der Waals surface area contributed by atoms with Crippen LogP contribution in [0.2, 0.25) is 0 Å². The Hall–Kier alpha value is -1.00. The second-order valence-corrected chi connectivity index (χ2v) is 10.9. The molecule has 2 fully saturated rings. The normalized spacial score (nSPS) is 27.5. The fraction of sp³-hybridized carbons (Fsp3) is 0.667. The quantitative estimate of drug-likeness (QED) is 0.504. The van der Waals surface area contributed by atoms with Crippen molar-refractivity contribution in [2.24, 2.45) is 0 Å². The molecule has 1 heterocycles. The van der Waals surface area contributed by atoms with E-state index in [4.69, 9.17) is 9.47 Å². The SMILES string of the molecule is CS(=O)(=O)N[C@H]1CCCN[C@H]1COC1CCC(c2cc(Br)ccc2OCC=O)CC1. The maximum Gasteiger partial charge on any atom is 0.209 e. The average molecular weight is 503 g/mol. The van der Waals surface area contributed by atoms with Crippen LogP contribution in [0.4, 0.5) is 0 Å². The number of hydrogen-bond donors (Lipinski definition) is 2. The lowest BCUT2D eigenvalue weighted by atomic mass is 9.82. The molecule has 1 saturated carbocycles. The van der Waals surface area contributed by atoms with Crippen LogP contribution in [-0.4, -0.2) is 58.9 Å². The van der Waals surface area contributed by atoms with Gasteiger partial charge in [-0.2, -0.15) is 0 Å². The second-order valence-electron chi connectivity index (χ2n) is 8.17. The molecule has 1 aromatic carbocycles. The summed E-state index contributed by atoms with van der Waals surface area (Å²) in [6, 6.07) is 5.80. The molecule has 3 rings (SSSR count). The van der Waals surface area contributed by atoms with Crippen LogP contribution in [0.5, 0.6) is 5.75 Å². The maximum absolute atomic E-state index is 11.6. The van der Waals surface area contributed by atoms with Gasteiger partial charge in [-0.05, 0) is 74.8 Å². The van der Waals surface area contributed by atoms with Gasteiger partial charge in [-0.3, -0.25) is 4.79 Å². The van der Waals surface area contributed by atoms with Crippen molar-refractivity contribution < 1.29 is 22.7 Å². The van der Waals surface area contributed by atoms with Gasteiger partial charge in [0.05, 0.1) is 19.0 Å². The van der Waals surface area contributed by atoms with Crippen molar-refractivity contribution in [2.45, 2.75) is 62.6 Å². The lowest BCUT2D eigenvalue weighted by Gasteiger charge is -2.35. The summed E-state index contributed by atoms with van der Waals surface area (Å²) in [4.78, 5) is 10.7. The molecule has 0 bridgehead atoms. The smallest absolute Gasteiger partial charge is 0.209 e. The number of carbonyl (C=O) groups is 1. The molecule has 30 heavy (non-hydrogen) atoms. The topological polar surface area (TPSA) is 93.7 Å². The van der Waals surface area contributed by atoms with E-state index in [9.17, 15) is 13.2 Å². The third-order valence-corrected chi connectivity index (χ3v) is 7.08. The highest BCUT2D eigenvalue weighted by molar-refractivity contribution is 9.10. The van der Waals surface area contributed by atoms with E-state index in [0.29, 0.717) is 12.5 Å². The summed E-state index contributed by atoms with van der Waals surface area (Å²) in [6.07, 6.45) is 7.79. The number of nitrogens with one attached hydrogen (secondary N) is 2. The number of halogens is 1. The minimum Gasteiger partial charge on any atom is -0.486 e. The van der Waals surface area contributed by atoms with Crippen LogP contribution in [0, 0.1) is 0 Å². The third-order valence-electron chi connectivity index (χ3n) is 5.85. The van der Waals surface area contributed by atoms with Gasteiger partial charge in [-0.15, -0.1) is 0 Å². The van der Waals surface area contributed by atoms with Crippen molar-refractivity contribution >= 4 is 32.2 Å². The molecule has 168 valence electrons. The van der Waals surface area contributed by atoms with E-state index in [0.717, 1.165) is 67.1 Å². The fourth-order valence-corrected chi connectivity index (χ4v) is 5.63. The lowest BCUT2D eigenvalue weighted by Crippen LogP contribution is -2.55. The van der Waals surface area contributed by atoms with Crippen molar-refractivity contribution in [1.82, 2.24) is 10.0 Å². The minimum absolute atomic E-state index is 0.000351. The highest BCUT2D eigenvalue weighted by atomic mass is 79.9. The first-order valence-electron chi connectivity index (χ1n) is 10.5. The standard InChI is InChI=1S/C21H31BrN2O5S/c1-30(26,27)24-19-3-2-10-23-20(19)14-29-17-7-4-15(5-8-17)18-13-16(22)6-9-21(18)28-12-11-25/h6,9,11,13,15,17,19-20,23-24H,2-5,7-8,10,12,14H2,1H3/t15?,17?,19-,20-/m0/s1. The molecule has 7 nitrogen and oxygen atoms in total. The maximum atomic E-state index is 11.6. The number of rotatable bonds is 9. The second kappa shape index (κ2) is 11.0. The molecule has 1 aromatic rings. The number of sulfonamides is 1. The number of benzene rings is 1. The van der Waals surface area contributed by atoms with Gasteiger partial charge in [0.2, 0.25) is 10.0 Å². The fourth-order valence-electron chi connectivity index (χ4n) is 4.42. The Kier molecular flexibility index (Phi) is 8.71. The number of piperidine rings is 1. The minimum atomic E-state index is -3.24. The molecule has 9 heteroatoms. The van der Waals surface area contributed by atoms with E-state index in [1.54, 1.807) is 0 Å². The summed E-state index contributed by atoms with van der Waals surface area (Å²) in [5.74, 6) is 1.15. The van der Waals surface area contributed by atoms with E-state index >= 15 is 0 Å². The van der Waals surface area contributed by atoms with Crippen molar-refractivity contribution in [3.05, 3.63) is 28.2 Å². The molecule has 0 spiro atoms. The van der Waals surface area contributed by atoms with Crippen LogP contribution in [0.15, 0.2) is 22.7 Å². The molecule has 2 aliphatic rings. The molecular formula is C21H31BrN2O5S. The molecule has 0 unspecified atom stereocenters. The van der Waals surface area contributed by atoms with Gasteiger partial charge >= 0.3 is 0 Å². The predicted molar refractivity (Wildman–Crippen MR) is 119 cm³/mol. The number of hydrogen-bond acceptors (Lipinski definition) is 6. The van der Waals surface area contributed by atoms with Crippen molar-refractivity contribution in [3.8, 4) is 5.75 Å². The zero-order chi connectivity index (χ0) is 21.6.